The average Bonchev–Trinajstić information content (AvgIpc) is 2.77. The van der Waals surface area contributed by atoms with Crippen molar-refractivity contribution < 1.29 is 0 Å². The van der Waals surface area contributed by atoms with Crippen molar-refractivity contribution in [3.8, 4) is 0 Å². The van der Waals surface area contributed by atoms with Crippen molar-refractivity contribution in [3.63, 3.8) is 0 Å². The standard InChI is InChI=1S/C7H9BrN6S/c1-14-4-10-11-5(14)2-3-9-7-13-12-6(8)15-7/h4H,2-3H2,1H3,(H,9,13). The maximum Gasteiger partial charge on any atom is 0.206 e. The van der Waals surface area contributed by atoms with Crippen LogP contribution in [0, 0.1) is 0 Å². The van der Waals surface area contributed by atoms with Crippen molar-refractivity contribution in [1.29, 1.82) is 0 Å². The lowest BCUT2D eigenvalue weighted by Gasteiger charge is -2.00. The Morgan fingerprint density at radius 3 is 2.93 bits per heavy atom. The minimum atomic E-state index is 0.772. The largest absolute Gasteiger partial charge is 0.360 e. The molecule has 1 N–H and O–H groups in total. The highest BCUT2D eigenvalue weighted by atomic mass is 79.9. The summed E-state index contributed by atoms with van der Waals surface area (Å²) in [4.78, 5) is 0. The number of hydrogen-bond acceptors (Lipinski definition) is 6. The zero-order chi connectivity index (χ0) is 10.7. The van der Waals surface area contributed by atoms with Crippen LogP contribution in [-0.2, 0) is 13.5 Å². The number of rotatable bonds is 4. The van der Waals surface area contributed by atoms with Gasteiger partial charge in [-0.15, -0.1) is 20.4 Å². The molecule has 0 saturated heterocycles. The highest BCUT2D eigenvalue weighted by molar-refractivity contribution is 9.11. The first kappa shape index (κ1) is 10.5. The lowest BCUT2D eigenvalue weighted by molar-refractivity contribution is 0.787. The summed E-state index contributed by atoms with van der Waals surface area (Å²) < 4.78 is 2.68. The Morgan fingerprint density at radius 2 is 2.33 bits per heavy atom. The first-order valence-corrected chi connectivity index (χ1v) is 5.92. The molecular formula is C7H9BrN6S. The molecule has 0 aliphatic carbocycles. The summed E-state index contributed by atoms with van der Waals surface area (Å²) in [5.74, 6) is 0.950. The predicted octanol–water partition coefficient (Wildman–Crippen LogP) is 1.08. The molecule has 0 aliphatic rings. The van der Waals surface area contributed by atoms with Gasteiger partial charge in [-0.25, -0.2) is 0 Å². The molecule has 80 valence electrons. The van der Waals surface area contributed by atoms with E-state index < -0.39 is 0 Å². The zero-order valence-corrected chi connectivity index (χ0v) is 10.4. The van der Waals surface area contributed by atoms with Gasteiger partial charge in [0.2, 0.25) is 5.13 Å². The molecule has 0 unspecified atom stereocenters. The van der Waals surface area contributed by atoms with Crippen LogP contribution in [0.5, 0.6) is 0 Å². The Hall–Kier alpha value is -1.02. The Balaban J connectivity index is 1.83. The number of nitrogens with zero attached hydrogens (tertiary/aromatic N) is 5. The van der Waals surface area contributed by atoms with E-state index in [1.807, 2.05) is 11.6 Å². The summed E-state index contributed by atoms with van der Waals surface area (Å²) in [6, 6.07) is 0. The summed E-state index contributed by atoms with van der Waals surface area (Å²) >= 11 is 4.72. The van der Waals surface area contributed by atoms with Crippen LogP contribution in [0.3, 0.4) is 0 Å². The second-order valence-corrected chi connectivity index (χ2v) is 5.15. The maximum absolute atomic E-state index is 3.98. The van der Waals surface area contributed by atoms with E-state index in [0.29, 0.717) is 0 Å². The van der Waals surface area contributed by atoms with Crippen molar-refractivity contribution in [3.05, 3.63) is 16.1 Å². The third kappa shape index (κ3) is 2.72. The SMILES string of the molecule is Cn1cnnc1CCNc1nnc(Br)s1. The Kier molecular flexibility index (Phi) is 3.27. The van der Waals surface area contributed by atoms with E-state index in [1.165, 1.54) is 11.3 Å². The molecule has 2 aromatic heterocycles. The molecule has 6 nitrogen and oxygen atoms in total. The van der Waals surface area contributed by atoms with Crippen LogP contribution in [0.4, 0.5) is 5.13 Å². The average molecular weight is 289 g/mol. The molecule has 0 aromatic carbocycles. The van der Waals surface area contributed by atoms with E-state index >= 15 is 0 Å². The summed E-state index contributed by atoms with van der Waals surface area (Å²) in [5.41, 5.74) is 0. The van der Waals surface area contributed by atoms with Crippen molar-refractivity contribution in [2.45, 2.75) is 6.42 Å². The Bertz CT molecular complexity index is 438. The van der Waals surface area contributed by atoms with Gasteiger partial charge in [-0.3, -0.25) is 0 Å². The Labute approximate surface area is 98.9 Å². The molecule has 0 saturated carbocycles. The maximum atomic E-state index is 3.98. The number of anilines is 1. The van der Waals surface area contributed by atoms with Crippen LogP contribution >= 0.6 is 27.3 Å². The molecule has 0 bridgehead atoms. The van der Waals surface area contributed by atoms with E-state index in [0.717, 1.165) is 27.8 Å². The van der Waals surface area contributed by atoms with E-state index in [1.54, 1.807) is 6.33 Å². The van der Waals surface area contributed by atoms with Crippen LogP contribution in [0.25, 0.3) is 0 Å². The van der Waals surface area contributed by atoms with Crippen LogP contribution in [-0.4, -0.2) is 31.5 Å². The van der Waals surface area contributed by atoms with Crippen LogP contribution in [0.1, 0.15) is 5.82 Å². The van der Waals surface area contributed by atoms with Gasteiger partial charge in [-0.1, -0.05) is 11.3 Å². The molecule has 2 rings (SSSR count). The molecule has 8 heteroatoms. The molecular weight excluding hydrogens is 280 g/mol. The van der Waals surface area contributed by atoms with Gasteiger partial charge in [0.15, 0.2) is 3.92 Å². The van der Waals surface area contributed by atoms with Gasteiger partial charge in [-0.05, 0) is 15.9 Å². The molecule has 2 aromatic rings. The van der Waals surface area contributed by atoms with E-state index in [-0.39, 0.29) is 0 Å². The molecule has 0 fully saturated rings. The molecule has 2 heterocycles. The van der Waals surface area contributed by atoms with Crippen LogP contribution in [0.2, 0.25) is 0 Å². The zero-order valence-electron chi connectivity index (χ0n) is 8.01. The number of aryl methyl sites for hydroxylation is 1. The highest BCUT2D eigenvalue weighted by Crippen LogP contribution is 2.19. The molecule has 15 heavy (non-hydrogen) atoms. The van der Waals surface area contributed by atoms with Gasteiger partial charge in [-0.2, -0.15) is 0 Å². The third-order valence-corrected chi connectivity index (χ3v) is 3.14. The fraction of sp³-hybridized carbons (Fsp3) is 0.429. The quantitative estimate of drug-likeness (QED) is 0.912. The fourth-order valence-corrected chi connectivity index (χ4v) is 2.13. The molecule has 0 atom stereocenters. The lowest BCUT2D eigenvalue weighted by atomic mass is 10.4. The van der Waals surface area contributed by atoms with Crippen molar-refractivity contribution in [1.82, 2.24) is 25.0 Å². The summed E-state index contributed by atoms with van der Waals surface area (Å²) in [5, 5.41) is 19.5. The second-order valence-electron chi connectivity index (χ2n) is 2.90. The normalized spacial score (nSPS) is 10.5. The number of hydrogen-bond donors (Lipinski definition) is 1. The van der Waals surface area contributed by atoms with Gasteiger partial charge in [0, 0.05) is 20.0 Å². The third-order valence-electron chi connectivity index (χ3n) is 1.83. The smallest absolute Gasteiger partial charge is 0.206 e. The van der Waals surface area contributed by atoms with Crippen LogP contribution < -0.4 is 5.32 Å². The summed E-state index contributed by atoms with van der Waals surface area (Å²) in [7, 11) is 1.93. The summed E-state index contributed by atoms with van der Waals surface area (Å²) in [6.07, 6.45) is 2.50. The lowest BCUT2D eigenvalue weighted by Crippen LogP contribution is -2.08. The first-order chi connectivity index (χ1) is 7.25. The second kappa shape index (κ2) is 4.67. The van der Waals surface area contributed by atoms with Crippen molar-refractivity contribution in [2.75, 3.05) is 11.9 Å². The minimum Gasteiger partial charge on any atom is -0.360 e. The molecule has 0 aliphatic heterocycles. The van der Waals surface area contributed by atoms with Crippen molar-refractivity contribution >= 4 is 32.4 Å². The number of nitrogens with one attached hydrogen (secondary N) is 1. The van der Waals surface area contributed by atoms with E-state index in [2.05, 4.69) is 41.6 Å². The summed E-state index contributed by atoms with van der Waals surface area (Å²) in [6.45, 7) is 0.772. The molecule has 0 spiro atoms. The Morgan fingerprint density at radius 1 is 1.47 bits per heavy atom. The molecule has 0 radical (unpaired) electrons. The minimum absolute atomic E-state index is 0.772. The van der Waals surface area contributed by atoms with Gasteiger partial charge >= 0.3 is 0 Å². The van der Waals surface area contributed by atoms with Crippen molar-refractivity contribution in [2.24, 2.45) is 7.05 Å². The van der Waals surface area contributed by atoms with E-state index in [4.69, 9.17) is 0 Å². The first-order valence-electron chi connectivity index (χ1n) is 4.31. The van der Waals surface area contributed by atoms with Gasteiger partial charge < -0.3 is 9.88 Å². The number of halogens is 1. The van der Waals surface area contributed by atoms with E-state index in [9.17, 15) is 0 Å². The highest BCUT2D eigenvalue weighted by Gasteiger charge is 2.02. The fourth-order valence-electron chi connectivity index (χ4n) is 1.09. The van der Waals surface area contributed by atoms with Crippen LogP contribution in [0.15, 0.2) is 10.2 Å². The predicted molar refractivity (Wildman–Crippen MR) is 60.8 cm³/mol. The molecule has 0 amide bonds. The monoisotopic (exact) mass is 288 g/mol. The van der Waals surface area contributed by atoms with Gasteiger partial charge in [0.05, 0.1) is 0 Å². The topological polar surface area (TPSA) is 68.5 Å². The van der Waals surface area contributed by atoms with Gasteiger partial charge in [0.1, 0.15) is 12.2 Å². The number of aromatic nitrogens is 5. The van der Waals surface area contributed by atoms with Gasteiger partial charge in [0.25, 0.3) is 0 Å².